The smallest absolute Gasteiger partial charge is 0.0714 e. The van der Waals surface area contributed by atoms with Crippen LogP contribution in [0.15, 0.2) is 261 Å². The lowest BCUT2D eigenvalue weighted by Gasteiger charge is -2.34. The number of nitrogens with zero attached hydrogens (tertiary/aromatic N) is 1. The van der Waals surface area contributed by atoms with Crippen LogP contribution >= 0.6 is 0 Å². The van der Waals surface area contributed by atoms with Gasteiger partial charge in [-0.2, -0.15) is 0 Å². The maximum atomic E-state index is 2.53. The van der Waals surface area contributed by atoms with E-state index in [1.807, 2.05) is 0 Å². The number of benzene rings is 10. The van der Waals surface area contributed by atoms with Crippen molar-refractivity contribution < 1.29 is 0 Å². The van der Waals surface area contributed by atoms with Crippen LogP contribution in [0.5, 0.6) is 0 Å². The van der Waals surface area contributed by atoms with Gasteiger partial charge in [0.1, 0.15) is 0 Å². The second-order valence-corrected chi connectivity index (χ2v) is 16.8. The van der Waals surface area contributed by atoms with Gasteiger partial charge in [-0.15, -0.1) is 0 Å². The molecule has 0 fully saturated rings. The molecule has 1 aliphatic rings. The molecule has 64 heavy (non-hydrogen) atoms. The zero-order chi connectivity index (χ0) is 42.5. The van der Waals surface area contributed by atoms with Crippen molar-refractivity contribution in [1.82, 2.24) is 4.57 Å². The highest BCUT2D eigenvalue weighted by Crippen LogP contribution is 2.57. The SMILES string of the molecule is c1ccc(-c2ccc(-c3ccc4c(c3)c(-c3ccc(-c5ccccc5)cc3)c(-c3ccccc3)n4-c3ccc4c(c3)C(c3ccccc3)(c3ccccc3)c3ccccc3-4)cc2)cc1. The summed E-state index contributed by atoms with van der Waals surface area (Å²) < 4.78 is 2.53. The van der Waals surface area contributed by atoms with Crippen LogP contribution in [0.4, 0.5) is 0 Å². The van der Waals surface area contributed by atoms with E-state index in [4.69, 9.17) is 0 Å². The van der Waals surface area contributed by atoms with Gasteiger partial charge < -0.3 is 4.57 Å². The molecular formula is C63H43N. The summed E-state index contributed by atoms with van der Waals surface area (Å²) in [7, 11) is 0. The van der Waals surface area contributed by atoms with Crippen molar-refractivity contribution in [3.05, 3.63) is 283 Å². The Morgan fingerprint density at radius 2 is 0.703 bits per heavy atom. The highest BCUT2D eigenvalue weighted by Gasteiger charge is 2.46. The van der Waals surface area contributed by atoms with Crippen LogP contribution < -0.4 is 0 Å². The van der Waals surface area contributed by atoms with Crippen LogP contribution in [0.3, 0.4) is 0 Å². The lowest BCUT2D eigenvalue weighted by atomic mass is 9.67. The molecule has 0 atom stereocenters. The van der Waals surface area contributed by atoms with Gasteiger partial charge in [-0.25, -0.2) is 0 Å². The third-order valence-electron chi connectivity index (χ3n) is 13.3. The predicted octanol–water partition coefficient (Wildman–Crippen LogP) is 16.3. The van der Waals surface area contributed by atoms with Crippen molar-refractivity contribution >= 4 is 10.9 Å². The Hall–Kier alpha value is -8.26. The Bertz CT molecular complexity index is 3380. The summed E-state index contributed by atoms with van der Waals surface area (Å²) in [5.74, 6) is 0. The fourth-order valence-corrected chi connectivity index (χ4v) is 10.4. The second kappa shape index (κ2) is 15.6. The van der Waals surface area contributed by atoms with Gasteiger partial charge in [0.15, 0.2) is 0 Å². The summed E-state index contributed by atoms with van der Waals surface area (Å²) in [6, 6.07) is 95.8. The van der Waals surface area contributed by atoms with Gasteiger partial charge >= 0.3 is 0 Å². The molecule has 0 saturated carbocycles. The fourth-order valence-electron chi connectivity index (χ4n) is 10.4. The van der Waals surface area contributed by atoms with E-state index in [1.165, 1.54) is 89.0 Å². The summed E-state index contributed by atoms with van der Waals surface area (Å²) in [4.78, 5) is 0. The first kappa shape index (κ1) is 37.5. The quantitative estimate of drug-likeness (QED) is 0.144. The zero-order valence-corrected chi connectivity index (χ0v) is 35.3. The van der Waals surface area contributed by atoms with Crippen molar-refractivity contribution in [2.24, 2.45) is 0 Å². The van der Waals surface area contributed by atoms with Crippen LogP contribution in [0, 0.1) is 0 Å². The number of hydrogen-bond donors (Lipinski definition) is 0. The summed E-state index contributed by atoms with van der Waals surface area (Å²) in [6.45, 7) is 0. The Labute approximate surface area is 374 Å². The minimum atomic E-state index is -0.518. The van der Waals surface area contributed by atoms with Gasteiger partial charge in [-0.3, -0.25) is 0 Å². The lowest BCUT2D eigenvalue weighted by molar-refractivity contribution is 0.767. The van der Waals surface area contributed by atoms with Crippen molar-refractivity contribution in [3.8, 4) is 72.6 Å². The van der Waals surface area contributed by atoms with Gasteiger partial charge in [-0.05, 0) is 102 Å². The molecule has 11 aromatic rings. The Morgan fingerprint density at radius 1 is 0.281 bits per heavy atom. The molecule has 0 saturated heterocycles. The Balaban J connectivity index is 1.13. The molecule has 1 aliphatic carbocycles. The largest absolute Gasteiger partial charge is 0.309 e. The topological polar surface area (TPSA) is 4.93 Å². The standard InChI is InChI=1S/C63H43N/c1-6-18-44(19-7-1)46-30-32-48(33-31-46)51-38-41-60-57(42-51)61(49-36-34-47(35-37-49)45-20-8-2-9-21-45)62(50-22-10-3-11-23-50)64(60)54-39-40-56-55-28-16-17-29-58(55)63(59(56)43-54,52-24-12-4-13-25-52)53-26-14-5-15-27-53/h1-43H. The predicted molar refractivity (Wildman–Crippen MR) is 268 cm³/mol. The normalized spacial score (nSPS) is 12.5. The molecule has 1 aromatic heterocycles. The summed E-state index contributed by atoms with van der Waals surface area (Å²) >= 11 is 0. The third-order valence-corrected chi connectivity index (χ3v) is 13.3. The minimum Gasteiger partial charge on any atom is -0.309 e. The van der Waals surface area contributed by atoms with E-state index >= 15 is 0 Å². The highest BCUT2D eigenvalue weighted by molar-refractivity contribution is 6.07. The number of aromatic nitrogens is 1. The van der Waals surface area contributed by atoms with E-state index < -0.39 is 5.41 Å². The number of rotatable bonds is 8. The first-order valence-corrected chi connectivity index (χ1v) is 22.2. The minimum absolute atomic E-state index is 0.518. The van der Waals surface area contributed by atoms with Gasteiger partial charge in [0.2, 0.25) is 0 Å². The monoisotopic (exact) mass is 813 g/mol. The Kier molecular flexibility index (Phi) is 9.13. The molecular weight excluding hydrogens is 771 g/mol. The van der Waals surface area contributed by atoms with E-state index in [0.717, 1.165) is 16.8 Å². The third kappa shape index (κ3) is 6.08. The molecule has 1 heterocycles. The maximum Gasteiger partial charge on any atom is 0.0714 e. The van der Waals surface area contributed by atoms with Crippen LogP contribution in [0.2, 0.25) is 0 Å². The van der Waals surface area contributed by atoms with Gasteiger partial charge in [0.05, 0.1) is 16.6 Å². The summed E-state index contributed by atoms with van der Waals surface area (Å²) in [6.07, 6.45) is 0. The van der Waals surface area contributed by atoms with Crippen molar-refractivity contribution in [3.63, 3.8) is 0 Å². The van der Waals surface area contributed by atoms with E-state index in [0.29, 0.717) is 0 Å². The molecule has 300 valence electrons. The second-order valence-electron chi connectivity index (χ2n) is 16.8. The zero-order valence-electron chi connectivity index (χ0n) is 35.3. The number of fused-ring (bicyclic) bond motifs is 4. The molecule has 10 aromatic carbocycles. The molecule has 0 amide bonds. The average molecular weight is 814 g/mol. The maximum absolute atomic E-state index is 2.53. The molecule has 0 radical (unpaired) electrons. The molecule has 12 rings (SSSR count). The van der Waals surface area contributed by atoms with Crippen LogP contribution in [0.25, 0.3) is 83.5 Å². The first-order chi connectivity index (χ1) is 31.8. The fraction of sp³-hybridized carbons (Fsp3) is 0.0159. The van der Waals surface area contributed by atoms with E-state index in [1.54, 1.807) is 0 Å². The Morgan fingerprint density at radius 3 is 1.27 bits per heavy atom. The van der Waals surface area contributed by atoms with Crippen molar-refractivity contribution in [2.45, 2.75) is 5.41 Å². The average Bonchev–Trinajstić information content (AvgIpc) is 3.88. The molecule has 0 spiro atoms. The van der Waals surface area contributed by atoms with Gasteiger partial charge in [0.25, 0.3) is 0 Å². The molecule has 1 nitrogen and oxygen atoms in total. The van der Waals surface area contributed by atoms with Gasteiger partial charge in [0, 0.05) is 16.6 Å². The van der Waals surface area contributed by atoms with E-state index in [2.05, 4.69) is 265 Å². The molecule has 0 aliphatic heterocycles. The van der Waals surface area contributed by atoms with E-state index in [9.17, 15) is 0 Å². The molecule has 0 unspecified atom stereocenters. The van der Waals surface area contributed by atoms with Gasteiger partial charge in [-0.1, -0.05) is 237 Å². The molecule has 0 N–H and O–H groups in total. The van der Waals surface area contributed by atoms with E-state index in [-0.39, 0.29) is 0 Å². The summed E-state index contributed by atoms with van der Waals surface area (Å²) in [5.41, 5.74) is 21.3. The van der Waals surface area contributed by atoms with Crippen LogP contribution in [-0.2, 0) is 5.41 Å². The van der Waals surface area contributed by atoms with Crippen molar-refractivity contribution in [2.75, 3.05) is 0 Å². The molecule has 1 heteroatoms. The molecule has 0 bridgehead atoms. The van der Waals surface area contributed by atoms with Crippen LogP contribution in [-0.4, -0.2) is 4.57 Å². The first-order valence-electron chi connectivity index (χ1n) is 22.2. The van der Waals surface area contributed by atoms with Crippen molar-refractivity contribution in [1.29, 1.82) is 0 Å². The highest BCUT2D eigenvalue weighted by atomic mass is 15.0. The summed E-state index contributed by atoms with van der Waals surface area (Å²) in [5, 5.41) is 1.21. The lowest BCUT2D eigenvalue weighted by Crippen LogP contribution is -2.28. The number of hydrogen-bond acceptors (Lipinski definition) is 0. The van der Waals surface area contributed by atoms with Crippen LogP contribution in [0.1, 0.15) is 22.3 Å².